The van der Waals surface area contributed by atoms with Crippen LogP contribution >= 0.6 is 0 Å². The van der Waals surface area contributed by atoms with Crippen molar-refractivity contribution in [3.63, 3.8) is 0 Å². The highest BCUT2D eigenvalue weighted by molar-refractivity contribution is 5.99. The molecule has 4 heteroatoms. The highest BCUT2D eigenvalue weighted by Gasteiger charge is 2.36. The lowest BCUT2D eigenvalue weighted by Gasteiger charge is -2.38. The molecule has 136 valence electrons. The fourth-order valence-electron chi connectivity index (χ4n) is 4.02. The predicted octanol–water partition coefficient (Wildman–Crippen LogP) is 3.97. The third kappa shape index (κ3) is 2.86. The topological polar surface area (TPSA) is 37.3 Å². The van der Waals surface area contributed by atoms with Crippen LogP contribution < -0.4 is 10.2 Å². The first-order valence-corrected chi connectivity index (χ1v) is 9.61. The Balaban J connectivity index is 1.64. The number of hydrogen-bond donors (Lipinski definition) is 1. The van der Waals surface area contributed by atoms with Gasteiger partial charge in [0.2, 0.25) is 5.91 Å². The van der Waals surface area contributed by atoms with E-state index in [0.29, 0.717) is 12.6 Å². The van der Waals surface area contributed by atoms with Gasteiger partial charge in [0.05, 0.1) is 23.6 Å². The average molecular weight is 357 g/mol. The molecule has 1 aliphatic carbocycles. The molecule has 4 nitrogen and oxygen atoms in total. The number of hydrogen-bond acceptors (Lipinski definition) is 2. The van der Waals surface area contributed by atoms with Gasteiger partial charge < -0.3 is 9.88 Å². The zero-order chi connectivity index (χ0) is 18.4. The van der Waals surface area contributed by atoms with Gasteiger partial charge >= 0.3 is 0 Å². The molecule has 3 aromatic rings. The summed E-state index contributed by atoms with van der Waals surface area (Å²) in [6, 6.07) is 21.2. The molecule has 2 heterocycles. The minimum absolute atomic E-state index is 0.119. The first kappa shape index (κ1) is 16.3. The summed E-state index contributed by atoms with van der Waals surface area (Å²) in [5.74, 6) is 0.119. The van der Waals surface area contributed by atoms with Crippen LogP contribution in [0.3, 0.4) is 0 Å². The SMILES string of the molecule is Cc1cccc(C2c3cccn3-c3ccccc3N2C(=O)CNC2CC2)c1. The Morgan fingerprint density at radius 1 is 1.04 bits per heavy atom. The van der Waals surface area contributed by atoms with E-state index in [1.807, 2.05) is 17.0 Å². The zero-order valence-electron chi connectivity index (χ0n) is 15.4. The second kappa shape index (κ2) is 6.39. The molecule has 0 bridgehead atoms. The van der Waals surface area contributed by atoms with Crippen molar-refractivity contribution in [3.05, 3.63) is 83.7 Å². The molecule has 1 atom stereocenters. The quantitative estimate of drug-likeness (QED) is 0.767. The van der Waals surface area contributed by atoms with Crippen LogP contribution in [0.1, 0.15) is 35.7 Å². The largest absolute Gasteiger partial charge is 0.316 e. The maximum Gasteiger partial charge on any atom is 0.241 e. The van der Waals surface area contributed by atoms with Gasteiger partial charge in [0.15, 0.2) is 0 Å². The number of carbonyl (C=O) groups excluding carboxylic acids is 1. The lowest BCUT2D eigenvalue weighted by molar-refractivity contribution is -0.118. The number of anilines is 1. The molecule has 1 aromatic heterocycles. The number of nitrogens with zero attached hydrogens (tertiary/aromatic N) is 2. The minimum Gasteiger partial charge on any atom is -0.316 e. The number of rotatable bonds is 4. The summed E-state index contributed by atoms with van der Waals surface area (Å²) in [6.07, 6.45) is 4.43. The van der Waals surface area contributed by atoms with Crippen molar-refractivity contribution in [2.24, 2.45) is 0 Å². The van der Waals surface area contributed by atoms with E-state index in [4.69, 9.17) is 0 Å². The fraction of sp³-hybridized carbons (Fsp3) is 0.261. The molecule has 1 saturated carbocycles. The van der Waals surface area contributed by atoms with E-state index >= 15 is 0 Å². The number of fused-ring (bicyclic) bond motifs is 3. The van der Waals surface area contributed by atoms with E-state index in [2.05, 4.69) is 71.5 Å². The summed E-state index contributed by atoms with van der Waals surface area (Å²) < 4.78 is 2.21. The number of aromatic nitrogens is 1. The normalized spacial score (nSPS) is 18.1. The second-order valence-electron chi connectivity index (χ2n) is 7.53. The molecular formula is C23H23N3O. The van der Waals surface area contributed by atoms with Crippen LogP contribution in [-0.4, -0.2) is 23.1 Å². The number of nitrogens with one attached hydrogen (secondary N) is 1. The van der Waals surface area contributed by atoms with Gasteiger partial charge in [-0.05, 0) is 49.6 Å². The number of aryl methyl sites for hydroxylation is 1. The third-order valence-electron chi connectivity index (χ3n) is 5.47. The van der Waals surface area contributed by atoms with Crippen molar-refractivity contribution in [3.8, 4) is 5.69 Å². The summed E-state index contributed by atoms with van der Waals surface area (Å²) in [5, 5.41) is 3.39. The molecule has 1 fully saturated rings. The molecule has 2 aliphatic rings. The number of amides is 1. The first-order valence-electron chi connectivity index (χ1n) is 9.61. The standard InChI is InChI=1S/C23H23N3O/c1-16-6-4-7-17(14-16)23-21-10-5-13-25(21)19-8-2-3-9-20(19)26(23)22(27)15-24-18-11-12-18/h2-10,13-14,18,23-24H,11-12,15H2,1H3. The Hall–Kier alpha value is -2.85. The van der Waals surface area contributed by atoms with E-state index in [1.165, 1.54) is 18.4 Å². The van der Waals surface area contributed by atoms with Crippen LogP contribution in [0, 0.1) is 6.92 Å². The van der Waals surface area contributed by atoms with Gasteiger partial charge in [-0.1, -0.05) is 42.0 Å². The van der Waals surface area contributed by atoms with Gasteiger partial charge in [-0.25, -0.2) is 0 Å². The molecule has 27 heavy (non-hydrogen) atoms. The van der Waals surface area contributed by atoms with Crippen molar-refractivity contribution in [2.45, 2.75) is 31.8 Å². The lowest BCUT2D eigenvalue weighted by Crippen LogP contribution is -2.44. The molecule has 0 spiro atoms. The maximum absolute atomic E-state index is 13.3. The molecule has 2 aromatic carbocycles. The summed E-state index contributed by atoms with van der Waals surface area (Å²) >= 11 is 0. The molecule has 1 unspecified atom stereocenters. The monoisotopic (exact) mass is 357 g/mol. The van der Waals surface area contributed by atoms with Crippen LogP contribution in [0.5, 0.6) is 0 Å². The molecular weight excluding hydrogens is 334 g/mol. The summed E-state index contributed by atoms with van der Waals surface area (Å²) in [7, 11) is 0. The smallest absolute Gasteiger partial charge is 0.241 e. The lowest BCUT2D eigenvalue weighted by atomic mass is 9.96. The van der Waals surface area contributed by atoms with E-state index in [1.54, 1.807) is 0 Å². The van der Waals surface area contributed by atoms with Crippen molar-refractivity contribution >= 4 is 11.6 Å². The van der Waals surface area contributed by atoms with Crippen LogP contribution in [0.15, 0.2) is 66.9 Å². The first-order chi connectivity index (χ1) is 13.2. The highest BCUT2D eigenvalue weighted by atomic mass is 16.2. The Kier molecular flexibility index (Phi) is 3.87. The Labute approximate surface area is 159 Å². The van der Waals surface area contributed by atoms with Gasteiger partial charge in [-0.3, -0.25) is 9.69 Å². The molecule has 1 N–H and O–H groups in total. The second-order valence-corrected chi connectivity index (χ2v) is 7.53. The molecule has 0 saturated heterocycles. The van der Waals surface area contributed by atoms with Gasteiger partial charge in [-0.15, -0.1) is 0 Å². The predicted molar refractivity (Wildman–Crippen MR) is 107 cm³/mol. The number of benzene rings is 2. The van der Waals surface area contributed by atoms with Gasteiger partial charge in [0.1, 0.15) is 6.04 Å². The zero-order valence-corrected chi connectivity index (χ0v) is 15.4. The van der Waals surface area contributed by atoms with Gasteiger partial charge in [0.25, 0.3) is 0 Å². The Bertz CT molecular complexity index is 1000. The minimum atomic E-state index is -0.122. The highest BCUT2D eigenvalue weighted by Crippen LogP contribution is 2.42. The Morgan fingerprint density at radius 3 is 2.63 bits per heavy atom. The molecule has 1 amide bonds. The van der Waals surface area contributed by atoms with E-state index < -0.39 is 0 Å². The summed E-state index contributed by atoms with van der Waals surface area (Å²) in [5.41, 5.74) is 5.49. The molecule has 1 aliphatic heterocycles. The van der Waals surface area contributed by atoms with Crippen molar-refractivity contribution in [1.29, 1.82) is 0 Å². The third-order valence-corrected chi connectivity index (χ3v) is 5.47. The Morgan fingerprint density at radius 2 is 1.85 bits per heavy atom. The van der Waals surface area contributed by atoms with E-state index in [-0.39, 0.29) is 11.9 Å². The van der Waals surface area contributed by atoms with E-state index in [0.717, 1.165) is 22.6 Å². The average Bonchev–Trinajstić information content (AvgIpc) is 3.39. The van der Waals surface area contributed by atoms with Crippen molar-refractivity contribution in [1.82, 2.24) is 9.88 Å². The van der Waals surface area contributed by atoms with E-state index in [9.17, 15) is 4.79 Å². The maximum atomic E-state index is 13.3. The number of carbonyl (C=O) groups is 1. The van der Waals surface area contributed by atoms with Crippen molar-refractivity contribution < 1.29 is 4.79 Å². The van der Waals surface area contributed by atoms with Crippen molar-refractivity contribution in [2.75, 3.05) is 11.4 Å². The van der Waals surface area contributed by atoms with Crippen LogP contribution in [0.2, 0.25) is 0 Å². The van der Waals surface area contributed by atoms with Crippen LogP contribution in [0.4, 0.5) is 5.69 Å². The fourth-order valence-corrected chi connectivity index (χ4v) is 4.02. The summed E-state index contributed by atoms with van der Waals surface area (Å²) in [4.78, 5) is 15.3. The van der Waals surface area contributed by atoms with Crippen LogP contribution in [-0.2, 0) is 4.79 Å². The number of para-hydroxylation sites is 2. The molecule has 0 radical (unpaired) electrons. The van der Waals surface area contributed by atoms with Gasteiger partial charge in [0, 0.05) is 12.2 Å². The molecule has 5 rings (SSSR count). The van der Waals surface area contributed by atoms with Crippen LogP contribution in [0.25, 0.3) is 5.69 Å². The summed E-state index contributed by atoms with van der Waals surface area (Å²) in [6.45, 7) is 2.47. The van der Waals surface area contributed by atoms with Gasteiger partial charge in [-0.2, -0.15) is 0 Å².